The van der Waals surface area contributed by atoms with Gasteiger partial charge in [0.15, 0.2) is 5.82 Å². The Labute approximate surface area is 106 Å². The second kappa shape index (κ2) is 4.39. The van der Waals surface area contributed by atoms with Crippen molar-refractivity contribution in [1.82, 2.24) is 9.55 Å². The summed E-state index contributed by atoms with van der Waals surface area (Å²) in [6, 6.07) is 0.568. The third-order valence-corrected chi connectivity index (χ3v) is 4.19. The predicted octanol–water partition coefficient (Wildman–Crippen LogP) is 0.755. The fourth-order valence-electron chi connectivity index (χ4n) is 3.36. The van der Waals surface area contributed by atoms with Crippen molar-refractivity contribution in [2.45, 2.75) is 57.3 Å². The molecule has 2 saturated heterocycles. The molecular formula is C13H19N3O2. The molecule has 1 aromatic heterocycles. The predicted molar refractivity (Wildman–Crippen MR) is 68.7 cm³/mol. The summed E-state index contributed by atoms with van der Waals surface area (Å²) in [4.78, 5) is 18.7. The number of aliphatic hydroxyl groups excluding tert-OH is 1. The lowest BCUT2D eigenvalue weighted by atomic mass is 10.00. The van der Waals surface area contributed by atoms with Gasteiger partial charge in [0.1, 0.15) is 0 Å². The third kappa shape index (κ3) is 1.73. The zero-order valence-electron chi connectivity index (χ0n) is 10.6. The molecule has 5 heteroatoms. The van der Waals surface area contributed by atoms with Crippen LogP contribution >= 0.6 is 0 Å². The van der Waals surface area contributed by atoms with Crippen molar-refractivity contribution in [1.29, 1.82) is 0 Å². The average Bonchev–Trinajstić information content (AvgIpc) is 2.62. The highest BCUT2D eigenvalue weighted by Gasteiger charge is 2.41. The first kappa shape index (κ1) is 11.7. The molecule has 2 bridgehead atoms. The van der Waals surface area contributed by atoms with Crippen LogP contribution < -0.4 is 10.5 Å². The van der Waals surface area contributed by atoms with E-state index in [0.717, 1.165) is 25.7 Å². The Morgan fingerprint density at radius 1 is 1.39 bits per heavy atom. The molecule has 2 atom stereocenters. The smallest absolute Gasteiger partial charge is 0.293 e. The number of anilines is 1. The number of rotatable bonds is 2. The highest BCUT2D eigenvalue weighted by Crippen LogP contribution is 2.37. The Balaban J connectivity index is 1.99. The van der Waals surface area contributed by atoms with Crippen molar-refractivity contribution in [3.05, 3.63) is 22.7 Å². The van der Waals surface area contributed by atoms with Gasteiger partial charge >= 0.3 is 0 Å². The lowest BCUT2D eigenvalue weighted by Crippen LogP contribution is -2.48. The molecule has 0 spiro atoms. The van der Waals surface area contributed by atoms with Gasteiger partial charge in [-0.05, 0) is 32.6 Å². The van der Waals surface area contributed by atoms with E-state index >= 15 is 0 Å². The second-order valence-electron chi connectivity index (χ2n) is 5.26. The summed E-state index contributed by atoms with van der Waals surface area (Å²) < 4.78 is 1.69. The molecule has 2 fully saturated rings. The van der Waals surface area contributed by atoms with E-state index < -0.39 is 0 Å². The summed E-state index contributed by atoms with van der Waals surface area (Å²) in [5.74, 6) is 0.568. The van der Waals surface area contributed by atoms with E-state index in [2.05, 4.69) is 9.88 Å². The van der Waals surface area contributed by atoms with E-state index in [0.29, 0.717) is 12.4 Å². The summed E-state index contributed by atoms with van der Waals surface area (Å²) in [5.41, 5.74) is -0.00621. The first-order valence-corrected chi connectivity index (χ1v) is 6.72. The molecule has 0 saturated carbocycles. The lowest BCUT2D eigenvalue weighted by Gasteiger charge is -2.37. The van der Waals surface area contributed by atoms with Crippen LogP contribution in [0.4, 0.5) is 5.82 Å². The van der Waals surface area contributed by atoms with Gasteiger partial charge in [-0.1, -0.05) is 0 Å². The number of nitrogens with zero attached hydrogens (tertiary/aromatic N) is 3. The Bertz CT molecular complexity index is 485. The van der Waals surface area contributed by atoms with Crippen molar-refractivity contribution in [2.75, 3.05) is 4.90 Å². The maximum Gasteiger partial charge on any atom is 0.293 e. The highest BCUT2D eigenvalue weighted by molar-refractivity contribution is 5.42. The molecule has 3 rings (SSSR count). The molecular weight excluding hydrogens is 230 g/mol. The zero-order chi connectivity index (χ0) is 12.7. The quantitative estimate of drug-likeness (QED) is 0.840. The van der Waals surface area contributed by atoms with Gasteiger partial charge in [0, 0.05) is 31.0 Å². The first-order chi connectivity index (χ1) is 8.70. The second-order valence-corrected chi connectivity index (χ2v) is 5.26. The minimum absolute atomic E-state index is 0.00621. The van der Waals surface area contributed by atoms with Crippen LogP contribution in [-0.2, 0) is 6.54 Å². The highest BCUT2D eigenvalue weighted by atomic mass is 16.3. The van der Waals surface area contributed by atoms with Gasteiger partial charge in [-0.3, -0.25) is 4.79 Å². The van der Waals surface area contributed by atoms with Crippen LogP contribution in [0.3, 0.4) is 0 Å². The molecule has 5 nitrogen and oxygen atoms in total. The Morgan fingerprint density at radius 2 is 2.06 bits per heavy atom. The summed E-state index contributed by atoms with van der Waals surface area (Å²) >= 11 is 0. The number of hydrogen-bond acceptors (Lipinski definition) is 4. The van der Waals surface area contributed by atoms with Gasteiger partial charge in [0.25, 0.3) is 5.56 Å². The van der Waals surface area contributed by atoms with Crippen LogP contribution in [0.1, 0.15) is 32.6 Å². The van der Waals surface area contributed by atoms with Crippen molar-refractivity contribution < 1.29 is 5.11 Å². The van der Waals surface area contributed by atoms with Gasteiger partial charge in [0.05, 0.1) is 6.10 Å². The molecule has 0 radical (unpaired) electrons. The molecule has 1 N–H and O–H groups in total. The monoisotopic (exact) mass is 249 g/mol. The fourth-order valence-corrected chi connectivity index (χ4v) is 3.36. The number of hydrogen-bond donors (Lipinski definition) is 1. The third-order valence-electron chi connectivity index (χ3n) is 4.19. The normalized spacial score (nSPS) is 30.8. The Kier molecular flexibility index (Phi) is 2.86. The number of piperidine rings is 1. The fraction of sp³-hybridized carbons (Fsp3) is 0.692. The maximum atomic E-state index is 12.3. The van der Waals surface area contributed by atoms with Crippen molar-refractivity contribution in [3.8, 4) is 0 Å². The average molecular weight is 249 g/mol. The van der Waals surface area contributed by atoms with Crippen molar-refractivity contribution >= 4 is 5.82 Å². The van der Waals surface area contributed by atoms with Crippen molar-refractivity contribution in [2.24, 2.45) is 0 Å². The largest absolute Gasteiger partial charge is 0.393 e. The molecule has 0 aromatic carbocycles. The summed E-state index contributed by atoms with van der Waals surface area (Å²) in [7, 11) is 0. The zero-order valence-corrected chi connectivity index (χ0v) is 10.6. The minimum Gasteiger partial charge on any atom is -0.393 e. The maximum absolute atomic E-state index is 12.3. The molecule has 2 unspecified atom stereocenters. The molecule has 1 aromatic rings. The van der Waals surface area contributed by atoms with Crippen LogP contribution in [0.2, 0.25) is 0 Å². The number of aromatic nitrogens is 2. The minimum atomic E-state index is -0.212. The van der Waals surface area contributed by atoms with E-state index in [1.807, 2.05) is 6.92 Å². The molecule has 98 valence electrons. The topological polar surface area (TPSA) is 58.4 Å². The van der Waals surface area contributed by atoms with Crippen LogP contribution in [0.25, 0.3) is 0 Å². The number of aryl methyl sites for hydroxylation is 1. The summed E-state index contributed by atoms with van der Waals surface area (Å²) in [6.07, 6.45) is 6.86. The molecule has 0 aliphatic carbocycles. The summed E-state index contributed by atoms with van der Waals surface area (Å²) in [5, 5.41) is 9.79. The van der Waals surface area contributed by atoms with Crippen LogP contribution in [0.5, 0.6) is 0 Å². The molecule has 2 aliphatic heterocycles. The molecule has 2 aliphatic rings. The van der Waals surface area contributed by atoms with E-state index in [9.17, 15) is 9.90 Å². The van der Waals surface area contributed by atoms with Gasteiger partial charge in [-0.15, -0.1) is 0 Å². The van der Waals surface area contributed by atoms with Gasteiger partial charge in [-0.2, -0.15) is 0 Å². The van der Waals surface area contributed by atoms with Crippen molar-refractivity contribution in [3.63, 3.8) is 0 Å². The van der Waals surface area contributed by atoms with Gasteiger partial charge < -0.3 is 14.6 Å². The number of aliphatic hydroxyl groups is 1. The van der Waals surface area contributed by atoms with Gasteiger partial charge in [-0.25, -0.2) is 4.98 Å². The Hall–Kier alpha value is -1.36. The van der Waals surface area contributed by atoms with E-state index in [1.54, 1.807) is 17.0 Å². The first-order valence-electron chi connectivity index (χ1n) is 6.72. The van der Waals surface area contributed by atoms with Gasteiger partial charge in [0.2, 0.25) is 0 Å². The van der Waals surface area contributed by atoms with E-state index in [-0.39, 0.29) is 23.7 Å². The van der Waals surface area contributed by atoms with E-state index in [4.69, 9.17) is 0 Å². The summed E-state index contributed by atoms with van der Waals surface area (Å²) in [6.45, 7) is 2.62. The lowest BCUT2D eigenvalue weighted by molar-refractivity contribution is 0.126. The van der Waals surface area contributed by atoms with Crippen LogP contribution in [-0.4, -0.2) is 32.8 Å². The molecule has 3 heterocycles. The van der Waals surface area contributed by atoms with E-state index in [1.165, 1.54) is 0 Å². The molecule has 18 heavy (non-hydrogen) atoms. The van der Waals surface area contributed by atoms with Crippen LogP contribution in [0, 0.1) is 0 Å². The Morgan fingerprint density at radius 3 is 2.67 bits per heavy atom. The van der Waals surface area contributed by atoms with Crippen LogP contribution in [0.15, 0.2) is 17.2 Å². The SMILES string of the molecule is CCn1ccnc(N2C3CCC2CC(O)C3)c1=O. The molecule has 0 amide bonds. The number of fused-ring (bicyclic) bond motifs is 2. The standard InChI is InChI=1S/C13H19N3O2/c1-2-15-6-5-14-12(13(15)18)16-9-3-4-10(16)8-11(17)7-9/h5-6,9-11,17H,2-4,7-8H2,1H3.